The summed E-state index contributed by atoms with van der Waals surface area (Å²) in [5.74, 6) is 0.438. The zero-order chi connectivity index (χ0) is 13.0. The number of hydrogen-bond donors (Lipinski definition) is 0. The van der Waals surface area contributed by atoms with Crippen LogP contribution >= 0.6 is 34.2 Å². The van der Waals surface area contributed by atoms with Gasteiger partial charge in [0.15, 0.2) is 6.29 Å². The number of ether oxygens (including phenoxy) is 1. The van der Waals surface area contributed by atoms with E-state index >= 15 is 0 Å². The van der Waals surface area contributed by atoms with Crippen molar-refractivity contribution < 1.29 is 9.53 Å². The molecular weight excluding hydrogens is 363 g/mol. The number of para-hydroxylation sites is 1. The molecule has 0 aliphatic rings. The highest BCUT2D eigenvalue weighted by molar-refractivity contribution is 14.1. The second-order valence-corrected chi connectivity index (χ2v) is 5.34. The third kappa shape index (κ3) is 3.23. The first-order valence-electron chi connectivity index (χ1n) is 5.31. The van der Waals surface area contributed by atoms with Gasteiger partial charge in [0.1, 0.15) is 12.4 Å². The van der Waals surface area contributed by atoms with Crippen molar-refractivity contribution in [3.63, 3.8) is 0 Å². The fraction of sp³-hybridized carbons (Fsp3) is 0.0714. The van der Waals surface area contributed by atoms with Gasteiger partial charge in [-0.3, -0.25) is 4.79 Å². The van der Waals surface area contributed by atoms with Gasteiger partial charge in [0, 0.05) is 3.57 Å². The zero-order valence-electron chi connectivity index (χ0n) is 9.40. The van der Waals surface area contributed by atoms with Gasteiger partial charge in [0.2, 0.25) is 0 Å². The maximum absolute atomic E-state index is 10.9. The molecule has 2 aromatic carbocycles. The number of rotatable bonds is 4. The zero-order valence-corrected chi connectivity index (χ0v) is 12.3. The SMILES string of the molecule is O=Cc1cccc(Cl)c1OCc1ccc(I)cc1. The van der Waals surface area contributed by atoms with E-state index in [1.807, 2.05) is 24.3 Å². The Hall–Kier alpha value is -1.07. The lowest BCUT2D eigenvalue weighted by Gasteiger charge is -2.10. The first-order chi connectivity index (χ1) is 8.70. The van der Waals surface area contributed by atoms with E-state index in [4.69, 9.17) is 16.3 Å². The van der Waals surface area contributed by atoms with Gasteiger partial charge in [-0.25, -0.2) is 0 Å². The molecule has 18 heavy (non-hydrogen) atoms. The maximum Gasteiger partial charge on any atom is 0.153 e. The third-order valence-corrected chi connectivity index (χ3v) is 3.44. The molecule has 0 saturated carbocycles. The summed E-state index contributed by atoms with van der Waals surface area (Å²) in [6.45, 7) is 0.390. The average Bonchev–Trinajstić information content (AvgIpc) is 2.39. The van der Waals surface area contributed by atoms with Crippen LogP contribution in [0.4, 0.5) is 0 Å². The highest BCUT2D eigenvalue weighted by Gasteiger charge is 2.07. The van der Waals surface area contributed by atoms with Gasteiger partial charge in [-0.05, 0) is 52.4 Å². The van der Waals surface area contributed by atoms with Crippen LogP contribution in [0.15, 0.2) is 42.5 Å². The minimum absolute atomic E-state index is 0.390. The van der Waals surface area contributed by atoms with E-state index in [0.717, 1.165) is 11.8 Å². The number of carbonyl (C=O) groups excluding carboxylic acids is 1. The molecule has 2 aromatic rings. The van der Waals surface area contributed by atoms with Gasteiger partial charge < -0.3 is 4.74 Å². The van der Waals surface area contributed by atoms with E-state index < -0.39 is 0 Å². The molecular formula is C14H10ClIO2. The number of halogens is 2. The predicted octanol–water partition coefficient (Wildman–Crippen LogP) is 4.34. The number of carbonyl (C=O) groups is 1. The van der Waals surface area contributed by atoms with E-state index in [0.29, 0.717) is 22.9 Å². The summed E-state index contributed by atoms with van der Waals surface area (Å²) < 4.78 is 6.79. The first-order valence-corrected chi connectivity index (χ1v) is 6.77. The maximum atomic E-state index is 10.9. The van der Waals surface area contributed by atoms with Gasteiger partial charge in [-0.1, -0.05) is 29.8 Å². The van der Waals surface area contributed by atoms with Gasteiger partial charge >= 0.3 is 0 Å². The molecule has 0 aliphatic carbocycles. The van der Waals surface area contributed by atoms with Crippen LogP contribution in [0.3, 0.4) is 0 Å². The van der Waals surface area contributed by atoms with E-state index in [1.165, 1.54) is 3.57 Å². The molecule has 2 rings (SSSR count). The molecule has 0 unspecified atom stereocenters. The van der Waals surface area contributed by atoms with E-state index in [9.17, 15) is 4.79 Å². The lowest BCUT2D eigenvalue weighted by molar-refractivity contribution is 0.111. The van der Waals surface area contributed by atoms with Gasteiger partial charge in [0.25, 0.3) is 0 Å². The quantitative estimate of drug-likeness (QED) is 0.590. The van der Waals surface area contributed by atoms with Crippen LogP contribution in [0.2, 0.25) is 5.02 Å². The summed E-state index contributed by atoms with van der Waals surface area (Å²) in [7, 11) is 0. The standard InChI is InChI=1S/C14H10ClIO2/c15-13-3-1-2-11(8-17)14(13)18-9-10-4-6-12(16)7-5-10/h1-8H,9H2. The second kappa shape index (κ2) is 6.20. The average molecular weight is 373 g/mol. The number of benzene rings is 2. The van der Waals surface area contributed by atoms with Crippen LogP contribution in [0.1, 0.15) is 15.9 Å². The smallest absolute Gasteiger partial charge is 0.153 e. The Morgan fingerprint density at radius 2 is 1.89 bits per heavy atom. The summed E-state index contributed by atoms with van der Waals surface area (Å²) in [5.41, 5.74) is 1.50. The fourth-order valence-electron chi connectivity index (χ4n) is 1.51. The molecule has 0 aromatic heterocycles. The van der Waals surface area contributed by atoms with Crippen molar-refractivity contribution in [2.45, 2.75) is 6.61 Å². The normalized spacial score (nSPS) is 10.1. The van der Waals surface area contributed by atoms with E-state index in [2.05, 4.69) is 22.6 Å². The molecule has 0 saturated heterocycles. The van der Waals surface area contributed by atoms with E-state index in [-0.39, 0.29) is 0 Å². The molecule has 0 amide bonds. The fourth-order valence-corrected chi connectivity index (χ4v) is 2.10. The molecule has 2 nitrogen and oxygen atoms in total. The van der Waals surface area contributed by atoms with Gasteiger partial charge in [0.05, 0.1) is 10.6 Å². The summed E-state index contributed by atoms with van der Waals surface area (Å²) in [4.78, 5) is 10.9. The molecule has 4 heteroatoms. The van der Waals surface area contributed by atoms with Gasteiger partial charge in [-0.2, -0.15) is 0 Å². The lowest BCUT2D eigenvalue weighted by atomic mass is 10.2. The minimum atomic E-state index is 0.390. The van der Waals surface area contributed by atoms with Crippen LogP contribution in [0.5, 0.6) is 5.75 Å². The molecule has 0 spiro atoms. The van der Waals surface area contributed by atoms with Crippen molar-refractivity contribution in [1.82, 2.24) is 0 Å². The molecule has 0 radical (unpaired) electrons. The second-order valence-electron chi connectivity index (χ2n) is 3.69. The summed E-state index contributed by atoms with van der Waals surface area (Å²) in [6.07, 6.45) is 0.745. The molecule has 0 heterocycles. The Morgan fingerprint density at radius 1 is 1.17 bits per heavy atom. The molecule has 92 valence electrons. The monoisotopic (exact) mass is 372 g/mol. The van der Waals surface area contributed by atoms with Crippen LogP contribution in [-0.2, 0) is 6.61 Å². The Labute approximate surface area is 124 Å². The predicted molar refractivity (Wildman–Crippen MR) is 80.3 cm³/mol. The van der Waals surface area contributed by atoms with Crippen molar-refractivity contribution in [2.24, 2.45) is 0 Å². The van der Waals surface area contributed by atoms with Crippen LogP contribution in [-0.4, -0.2) is 6.29 Å². The van der Waals surface area contributed by atoms with Crippen molar-refractivity contribution in [3.05, 3.63) is 62.2 Å². The Morgan fingerprint density at radius 3 is 2.56 bits per heavy atom. The molecule has 0 bridgehead atoms. The third-order valence-electron chi connectivity index (χ3n) is 2.42. The first kappa shape index (κ1) is 13.4. The highest BCUT2D eigenvalue weighted by Crippen LogP contribution is 2.28. The molecule has 0 fully saturated rings. The number of hydrogen-bond acceptors (Lipinski definition) is 2. The van der Waals surface area contributed by atoms with E-state index in [1.54, 1.807) is 18.2 Å². The number of aldehydes is 1. The minimum Gasteiger partial charge on any atom is -0.487 e. The lowest BCUT2D eigenvalue weighted by Crippen LogP contribution is -1.99. The summed E-state index contributed by atoms with van der Waals surface area (Å²) in [6, 6.07) is 13.1. The molecule has 0 aliphatic heterocycles. The Kier molecular flexibility index (Phi) is 4.60. The Balaban J connectivity index is 2.15. The molecule has 0 N–H and O–H groups in total. The summed E-state index contributed by atoms with van der Waals surface area (Å²) >= 11 is 8.26. The topological polar surface area (TPSA) is 26.3 Å². The van der Waals surface area contributed by atoms with Crippen molar-refractivity contribution in [3.8, 4) is 5.75 Å². The van der Waals surface area contributed by atoms with Gasteiger partial charge in [-0.15, -0.1) is 0 Å². The van der Waals surface area contributed by atoms with Crippen molar-refractivity contribution in [1.29, 1.82) is 0 Å². The highest BCUT2D eigenvalue weighted by atomic mass is 127. The van der Waals surface area contributed by atoms with Crippen molar-refractivity contribution >= 4 is 40.5 Å². The van der Waals surface area contributed by atoms with Crippen LogP contribution in [0.25, 0.3) is 0 Å². The van der Waals surface area contributed by atoms with Crippen LogP contribution < -0.4 is 4.74 Å². The van der Waals surface area contributed by atoms with Crippen LogP contribution in [0, 0.1) is 3.57 Å². The van der Waals surface area contributed by atoms with Crippen molar-refractivity contribution in [2.75, 3.05) is 0 Å². The largest absolute Gasteiger partial charge is 0.487 e. The molecule has 0 atom stereocenters. The summed E-state index contributed by atoms with van der Waals surface area (Å²) in [5, 5.41) is 0.449. The Bertz CT molecular complexity index is 552.